The highest BCUT2D eigenvalue weighted by molar-refractivity contribution is 6.30. The summed E-state index contributed by atoms with van der Waals surface area (Å²) in [5.74, 6) is -1.10. The van der Waals surface area contributed by atoms with Crippen molar-refractivity contribution in [2.24, 2.45) is 5.73 Å². The van der Waals surface area contributed by atoms with E-state index >= 15 is 0 Å². The Morgan fingerprint density at radius 3 is 2.50 bits per heavy atom. The number of carbonyl (C=O) groups is 3. The van der Waals surface area contributed by atoms with E-state index in [1.807, 2.05) is 25.1 Å². The van der Waals surface area contributed by atoms with E-state index in [2.05, 4.69) is 10.6 Å². The average Bonchev–Trinajstić information content (AvgIpc) is 2.66. The predicted molar refractivity (Wildman–Crippen MR) is 107 cm³/mol. The molecule has 0 radical (unpaired) electrons. The molecule has 0 fully saturated rings. The zero-order valence-electron chi connectivity index (χ0n) is 15.4. The number of esters is 1. The Labute approximate surface area is 168 Å². The summed E-state index contributed by atoms with van der Waals surface area (Å²) >= 11 is 5.85. The van der Waals surface area contributed by atoms with Gasteiger partial charge in [0.1, 0.15) is 0 Å². The number of nitrogens with two attached hydrogens (primary N) is 1. The van der Waals surface area contributed by atoms with Gasteiger partial charge >= 0.3 is 12.0 Å². The Morgan fingerprint density at radius 2 is 1.86 bits per heavy atom. The SMILES string of the molecule is CCc1cccc(NC(=O)COC(=O)CC(NC(N)=O)c2ccc(Cl)cc2)c1. The summed E-state index contributed by atoms with van der Waals surface area (Å²) in [6.07, 6.45) is 0.667. The summed E-state index contributed by atoms with van der Waals surface area (Å²) in [5, 5.41) is 5.68. The summed E-state index contributed by atoms with van der Waals surface area (Å²) in [4.78, 5) is 35.3. The highest BCUT2D eigenvalue weighted by Gasteiger charge is 2.19. The molecule has 0 bridgehead atoms. The first-order valence-corrected chi connectivity index (χ1v) is 9.11. The number of aryl methyl sites for hydroxylation is 1. The van der Waals surface area contributed by atoms with Crippen LogP contribution in [-0.2, 0) is 20.7 Å². The van der Waals surface area contributed by atoms with E-state index in [0.29, 0.717) is 16.3 Å². The summed E-state index contributed by atoms with van der Waals surface area (Å²) < 4.78 is 5.02. The molecule has 0 aliphatic rings. The van der Waals surface area contributed by atoms with E-state index in [0.717, 1.165) is 12.0 Å². The number of hydrogen-bond acceptors (Lipinski definition) is 4. The fourth-order valence-electron chi connectivity index (χ4n) is 2.56. The normalized spacial score (nSPS) is 11.4. The third kappa shape index (κ3) is 6.92. The Hall–Kier alpha value is -3.06. The Kier molecular flexibility index (Phi) is 7.83. The first-order chi connectivity index (χ1) is 13.4. The summed E-state index contributed by atoms with van der Waals surface area (Å²) in [6, 6.07) is 12.6. The molecule has 28 heavy (non-hydrogen) atoms. The first kappa shape index (κ1) is 21.2. The highest BCUT2D eigenvalue weighted by Crippen LogP contribution is 2.20. The van der Waals surface area contributed by atoms with Crippen LogP contribution in [0.25, 0.3) is 0 Å². The van der Waals surface area contributed by atoms with Crippen molar-refractivity contribution in [1.82, 2.24) is 5.32 Å². The first-order valence-electron chi connectivity index (χ1n) is 8.73. The quantitative estimate of drug-likeness (QED) is 0.588. The fourth-order valence-corrected chi connectivity index (χ4v) is 2.68. The number of halogens is 1. The van der Waals surface area contributed by atoms with Crippen molar-refractivity contribution in [3.05, 3.63) is 64.7 Å². The highest BCUT2D eigenvalue weighted by atomic mass is 35.5. The minimum Gasteiger partial charge on any atom is -0.455 e. The number of rotatable bonds is 8. The molecule has 2 rings (SSSR count). The molecule has 2 aromatic rings. The summed E-state index contributed by atoms with van der Waals surface area (Å²) in [7, 11) is 0. The number of anilines is 1. The summed E-state index contributed by atoms with van der Waals surface area (Å²) in [6.45, 7) is 1.58. The number of benzene rings is 2. The van der Waals surface area contributed by atoms with Crippen LogP contribution >= 0.6 is 11.6 Å². The molecule has 0 aliphatic carbocycles. The van der Waals surface area contributed by atoms with Crippen molar-refractivity contribution in [3.8, 4) is 0 Å². The third-order valence-corrected chi connectivity index (χ3v) is 4.19. The van der Waals surface area contributed by atoms with Gasteiger partial charge in [0.2, 0.25) is 0 Å². The zero-order chi connectivity index (χ0) is 20.5. The second-order valence-corrected chi connectivity index (χ2v) is 6.52. The van der Waals surface area contributed by atoms with E-state index in [1.54, 1.807) is 30.3 Å². The van der Waals surface area contributed by atoms with E-state index in [4.69, 9.17) is 22.1 Å². The smallest absolute Gasteiger partial charge is 0.312 e. The molecular formula is C20H22ClN3O4. The lowest BCUT2D eigenvalue weighted by Crippen LogP contribution is -2.35. The maximum atomic E-state index is 12.1. The van der Waals surface area contributed by atoms with Crippen molar-refractivity contribution in [2.45, 2.75) is 25.8 Å². The number of urea groups is 1. The van der Waals surface area contributed by atoms with Gasteiger partial charge in [-0.05, 0) is 41.8 Å². The van der Waals surface area contributed by atoms with Gasteiger partial charge in [-0.15, -0.1) is 0 Å². The fraction of sp³-hybridized carbons (Fsp3) is 0.250. The average molecular weight is 404 g/mol. The van der Waals surface area contributed by atoms with Gasteiger partial charge in [0, 0.05) is 10.7 Å². The van der Waals surface area contributed by atoms with Crippen LogP contribution in [0.4, 0.5) is 10.5 Å². The Bertz CT molecular complexity index is 840. The maximum absolute atomic E-state index is 12.1. The molecule has 4 N–H and O–H groups in total. The van der Waals surface area contributed by atoms with Crippen molar-refractivity contribution >= 4 is 35.2 Å². The van der Waals surface area contributed by atoms with Crippen LogP contribution in [0.15, 0.2) is 48.5 Å². The van der Waals surface area contributed by atoms with Gasteiger partial charge in [-0.2, -0.15) is 0 Å². The Balaban J connectivity index is 1.90. The molecule has 0 heterocycles. The van der Waals surface area contributed by atoms with Gasteiger partial charge in [0.05, 0.1) is 12.5 Å². The molecule has 0 aliphatic heterocycles. The minimum absolute atomic E-state index is 0.177. The molecule has 2 aromatic carbocycles. The molecule has 8 heteroatoms. The lowest BCUT2D eigenvalue weighted by atomic mass is 10.0. The van der Waals surface area contributed by atoms with Gasteiger partial charge in [-0.1, -0.05) is 42.8 Å². The molecule has 1 atom stereocenters. The number of carbonyl (C=O) groups excluding carboxylic acids is 3. The molecule has 1 unspecified atom stereocenters. The van der Waals surface area contributed by atoms with Gasteiger partial charge in [0.25, 0.3) is 5.91 Å². The molecule has 0 spiro atoms. The van der Waals surface area contributed by atoms with E-state index < -0.39 is 30.6 Å². The second-order valence-electron chi connectivity index (χ2n) is 6.08. The van der Waals surface area contributed by atoms with Crippen LogP contribution in [0.3, 0.4) is 0 Å². The second kappa shape index (κ2) is 10.3. The largest absolute Gasteiger partial charge is 0.455 e. The number of amides is 3. The third-order valence-electron chi connectivity index (χ3n) is 3.94. The molecule has 3 amide bonds. The van der Waals surface area contributed by atoms with Crippen molar-refractivity contribution in [1.29, 1.82) is 0 Å². The van der Waals surface area contributed by atoms with Crippen LogP contribution in [0.5, 0.6) is 0 Å². The number of hydrogen-bond donors (Lipinski definition) is 3. The molecule has 148 valence electrons. The van der Waals surface area contributed by atoms with Crippen molar-refractivity contribution in [2.75, 3.05) is 11.9 Å². The Morgan fingerprint density at radius 1 is 1.14 bits per heavy atom. The summed E-state index contributed by atoms with van der Waals surface area (Å²) in [5.41, 5.74) is 7.53. The van der Waals surface area contributed by atoms with Gasteiger partial charge in [-0.25, -0.2) is 4.79 Å². The van der Waals surface area contributed by atoms with Crippen LogP contribution in [0, 0.1) is 0 Å². The predicted octanol–water partition coefficient (Wildman–Crippen LogP) is 3.18. The van der Waals surface area contributed by atoms with Crippen LogP contribution in [0.1, 0.15) is 30.5 Å². The van der Waals surface area contributed by atoms with Crippen LogP contribution in [-0.4, -0.2) is 24.5 Å². The zero-order valence-corrected chi connectivity index (χ0v) is 16.2. The number of nitrogens with one attached hydrogen (secondary N) is 2. The monoisotopic (exact) mass is 403 g/mol. The number of primary amides is 1. The molecule has 0 saturated carbocycles. The van der Waals surface area contributed by atoms with Crippen molar-refractivity contribution < 1.29 is 19.1 Å². The van der Waals surface area contributed by atoms with Crippen LogP contribution < -0.4 is 16.4 Å². The standard InChI is InChI=1S/C20H22ClN3O4/c1-2-13-4-3-5-16(10-13)23-18(25)12-28-19(26)11-17(24-20(22)27)14-6-8-15(21)9-7-14/h3-10,17H,2,11-12H2,1H3,(H,23,25)(H3,22,24,27). The van der Waals surface area contributed by atoms with E-state index in [9.17, 15) is 14.4 Å². The molecular weight excluding hydrogens is 382 g/mol. The van der Waals surface area contributed by atoms with E-state index in [1.165, 1.54) is 0 Å². The molecule has 7 nitrogen and oxygen atoms in total. The van der Waals surface area contributed by atoms with Crippen LogP contribution in [0.2, 0.25) is 5.02 Å². The van der Waals surface area contributed by atoms with Gasteiger partial charge in [-0.3, -0.25) is 9.59 Å². The lowest BCUT2D eigenvalue weighted by Gasteiger charge is -2.17. The topological polar surface area (TPSA) is 111 Å². The lowest BCUT2D eigenvalue weighted by molar-refractivity contribution is -0.147. The van der Waals surface area contributed by atoms with Crippen molar-refractivity contribution in [3.63, 3.8) is 0 Å². The maximum Gasteiger partial charge on any atom is 0.312 e. The minimum atomic E-state index is -0.777. The van der Waals surface area contributed by atoms with Gasteiger partial charge < -0.3 is 21.1 Å². The van der Waals surface area contributed by atoms with E-state index in [-0.39, 0.29) is 6.42 Å². The molecule has 0 aromatic heterocycles. The number of ether oxygens (including phenoxy) is 1. The molecule has 0 saturated heterocycles. The van der Waals surface area contributed by atoms with Gasteiger partial charge in [0.15, 0.2) is 6.61 Å².